The minimum atomic E-state index is -0.525. The van der Waals surface area contributed by atoms with E-state index in [1.807, 2.05) is 24.3 Å². The van der Waals surface area contributed by atoms with Crippen molar-refractivity contribution in [1.82, 2.24) is 0 Å². The van der Waals surface area contributed by atoms with E-state index in [1.165, 1.54) is 12.1 Å². The molecule has 0 aliphatic carbocycles. The Kier molecular flexibility index (Phi) is 4.81. The molecule has 1 fully saturated rings. The van der Waals surface area contributed by atoms with Crippen molar-refractivity contribution in [3.05, 3.63) is 53.8 Å². The molecular formula is C21H21FN4O2. The lowest BCUT2D eigenvalue weighted by Crippen LogP contribution is -2.38. The number of carbonyl (C=O) groups excluding carboxylic acids is 2. The van der Waals surface area contributed by atoms with Crippen molar-refractivity contribution in [1.29, 1.82) is 0 Å². The van der Waals surface area contributed by atoms with Crippen LogP contribution in [-0.2, 0) is 9.59 Å². The highest BCUT2D eigenvalue weighted by Crippen LogP contribution is 2.32. The number of primary amides is 1. The normalized spacial score (nSPS) is 19.7. The highest BCUT2D eigenvalue weighted by Gasteiger charge is 2.29. The lowest BCUT2D eigenvalue weighted by molar-refractivity contribution is -0.122. The van der Waals surface area contributed by atoms with E-state index in [0.717, 1.165) is 42.9 Å². The first kappa shape index (κ1) is 18.2. The predicted molar refractivity (Wildman–Crippen MR) is 106 cm³/mol. The number of carbonyl (C=O) groups is 2. The van der Waals surface area contributed by atoms with Crippen molar-refractivity contribution in [3.8, 4) is 0 Å². The zero-order valence-electron chi connectivity index (χ0n) is 15.3. The van der Waals surface area contributed by atoms with Gasteiger partial charge in [-0.05, 0) is 54.8 Å². The minimum absolute atomic E-state index is 0.0333. The average Bonchev–Trinajstić information content (AvgIpc) is 3.01. The molecular weight excluding hydrogens is 359 g/mol. The van der Waals surface area contributed by atoms with Crippen molar-refractivity contribution >= 4 is 35.1 Å². The number of hydrogen-bond donors (Lipinski definition) is 2. The fourth-order valence-corrected chi connectivity index (χ4v) is 3.74. The van der Waals surface area contributed by atoms with Crippen LogP contribution in [0.5, 0.6) is 0 Å². The van der Waals surface area contributed by atoms with Gasteiger partial charge in [-0.25, -0.2) is 4.39 Å². The molecule has 7 heteroatoms. The van der Waals surface area contributed by atoms with E-state index in [2.05, 4.69) is 15.2 Å². The number of anilines is 2. The third-order valence-corrected chi connectivity index (χ3v) is 5.38. The second-order valence-electron chi connectivity index (χ2n) is 7.16. The van der Waals surface area contributed by atoms with Crippen LogP contribution in [0.4, 0.5) is 21.5 Å². The molecule has 1 saturated heterocycles. The first-order valence-electron chi connectivity index (χ1n) is 9.30. The van der Waals surface area contributed by atoms with E-state index in [9.17, 15) is 14.0 Å². The standard InChI is InChI=1S/C21H21FN4O2/c22-14-1-6-17-18(21(28)25-19(17)11-14)12-24-15-2-4-16(5-3-15)26-9-7-13(8-10-26)20(23)27/h1-6,11-13,18H,7-10H2,(H2,23,27)(H,25,28). The number of nitrogens with one attached hydrogen (secondary N) is 1. The van der Waals surface area contributed by atoms with E-state index in [4.69, 9.17) is 5.73 Å². The second kappa shape index (κ2) is 7.42. The molecule has 2 aromatic carbocycles. The van der Waals surface area contributed by atoms with Crippen LogP contribution in [0.1, 0.15) is 24.3 Å². The summed E-state index contributed by atoms with van der Waals surface area (Å²) in [6.07, 6.45) is 3.13. The highest BCUT2D eigenvalue weighted by atomic mass is 19.1. The number of amides is 2. The summed E-state index contributed by atoms with van der Waals surface area (Å²) >= 11 is 0. The van der Waals surface area contributed by atoms with Crippen LogP contribution in [-0.4, -0.2) is 31.1 Å². The van der Waals surface area contributed by atoms with Gasteiger partial charge in [-0.3, -0.25) is 14.6 Å². The van der Waals surface area contributed by atoms with Crippen molar-refractivity contribution in [2.75, 3.05) is 23.3 Å². The Morgan fingerprint density at radius 3 is 2.57 bits per heavy atom. The smallest absolute Gasteiger partial charge is 0.237 e. The fraction of sp³-hybridized carbons (Fsp3) is 0.286. The van der Waals surface area contributed by atoms with E-state index >= 15 is 0 Å². The van der Waals surface area contributed by atoms with Crippen molar-refractivity contribution < 1.29 is 14.0 Å². The summed E-state index contributed by atoms with van der Waals surface area (Å²) in [5, 5.41) is 2.68. The second-order valence-corrected chi connectivity index (χ2v) is 7.16. The maximum atomic E-state index is 13.3. The van der Waals surface area contributed by atoms with Gasteiger partial charge in [0.15, 0.2) is 0 Å². The number of halogens is 1. The maximum absolute atomic E-state index is 13.3. The average molecular weight is 380 g/mol. The van der Waals surface area contributed by atoms with E-state index < -0.39 is 5.92 Å². The number of rotatable bonds is 4. The minimum Gasteiger partial charge on any atom is -0.371 e. The van der Waals surface area contributed by atoms with Crippen LogP contribution < -0.4 is 16.0 Å². The molecule has 2 heterocycles. The quantitative estimate of drug-likeness (QED) is 0.800. The van der Waals surface area contributed by atoms with Gasteiger partial charge < -0.3 is 16.0 Å². The molecule has 2 aromatic rings. The molecule has 0 bridgehead atoms. The Morgan fingerprint density at radius 2 is 1.89 bits per heavy atom. The van der Waals surface area contributed by atoms with Crippen molar-refractivity contribution in [2.45, 2.75) is 18.8 Å². The molecule has 3 N–H and O–H groups in total. The van der Waals surface area contributed by atoms with E-state index in [1.54, 1.807) is 12.3 Å². The molecule has 28 heavy (non-hydrogen) atoms. The largest absolute Gasteiger partial charge is 0.371 e. The third-order valence-electron chi connectivity index (χ3n) is 5.38. The summed E-state index contributed by atoms with van der Waals surface area (Å²) < 4.78 is 13.3. The predicted octanol–water partition coefficient (Wildman–Crippen LogP) is 2.97. The van der Waals surface area contributed by atoms with Gasteiger partial charge in [-0.2, -0.15) is 0 Å². The number of piperidine rings is 1. The number of fused-ring (bicyclic) bond motifs is 1. The van der Waals surface area contributed by atoms with Crippen molar-refractivity contribution in [3.63, 3.8) is 0 Å². The molecule has 1 unspecified atom stereocenters. The Bertz CT molecular complexity index is 934. The first-order chi connectivity index (χ1) is 13.5. The van der Waals surface area contributed by atoms with Crippen LogP contribution in [0, 0.1) is 11.7 Å². The summed E-state index contributed by atoms with van der Waals surface area (Å²) in [7, 11) is 0. The van der Waals surface area contributed by atoms with Gasteiger partial charge >= 0.3 is 0 Å². The third kappa shape index (κ3) is 3.60. The number of aliphatic imine (C=N–C) groups is 1. The van der Waals surface area contributed by atoms with Gasteiger partial charge in [0.1, 0.15) is 11.7 Å². The molecule has 2 amide bonds. The van der Waals surface area contributed by atoms with Gasteiger partial charge in [-0.1, -0.05) is 6.07 Å². The van der Waals surface area contributed by atoms with E-state index in [-0.39, 0.29) is 23.5 Å². The summed E-state index contributed by atoms with van der Waals surface area (Å²) in [6.45, 7) is 1.59. The van der Waals surface area contributed by atoms with Crippen LogP contribution in [0.15, 0.2) is 47.5 Å². The SMILES string of the molecule is NC(=O)C1CCN(c2ccc(N=CC3C(=O)Nc4cc(F)ccc43)cc2)CC1. The molecule has 2 aliphatic rings. The summed E-state index contributed by atoms with van der Waals surface area (Å²) in [5.41, 5.74) is 8.41. The summed E-state index contributed by atoms with van der Waals surface area (Å²) in [5.74, 6) is -1.37. The molecule has 0 aromatic heterocycles. The Labute approximate surface area is 162 Å². The zero-order chi connectivity index (χ0) is 19.7. The van der Waals surface area contributed by atoms with Gasteiger partial charge in [0.25, 0.3) is 0 Å². The molecule has 1 atom stereocenters. The number of hydrogen-bond acceptors (Lipinski definition) is 4. The number of nitrogens with zero attached hydrogens (tertiary/aromatic N) is 2. The fourth-order valence-electron chi connectivity index (χ4n) is 3.74. The molecule has 6 nitrogen and oxygen atoms in total. The molecule has 0 radical (unpaired) electrons. The lowest BCUT2D eigenvalue weighted by Gasteiger charge is -2.32. The number of nitrogens with two attached hydrogens (primary N) is 1. The molecule has 144 valence electrons. The Morgan fingerprint density at radius 1 is 1.18 bits per heavy atom. The van der Waals surface area contributed by atoms with Crippen LogP contribution >= 0.6 is 0 Å². The van der Waals surface area contributed by atoms with Gasteiger partial charge in [0, 0.05) is 36.6 Å². The van der Waals surface area contributed by atoms with E-state index in [0.29, 0.717) is 5.69 Å². The Balaban J connectivity index is 1.43. The number of benzene rings is 2. The Hall–Kier alpha value is -3.22. The highest BCUT2D eigenvalue weighted by molar-refractivity contribution is 6.12. The van der Waals surface area contributed by atoms with Crippen molar-refractivity contribution in [2.24, 2.45) is 16.6 Å². The zero-order valence-corrected chi connectivity index (χ0v) is 15.3. The molecule has 0 saturated carbocycles. The lowest BCUT2D eigenvalue weighted by atomic mass is 9.96. The van der Waals surface area contributed by atoms with Crippen LogP contribution in [0.25, 0.3) is 0 Å². The monoisotopic (exact) mass is 380 g/mol. The molecule has 0 spiro atoms. The van der Waals surface area contributed by atoms with Gasteiger partial charge in [-0.15, -0.1) is 0 Å². The van der Waals surface area contributed by atoms with Gasteiger partial charge in [0.2, 0.25) is 11.8 Å². The molecule has 4 rings (SSSR count). The first-order valence-corrected chi connectivity index (χ1v) is 9.30. The van der Waals surface area contributed by atoms with Crippen LogP contribution in [0.2, 0.25) is 0 Å². The molecule has 2 aliphatic heterocycles. The topological polar surface area (TPSA) is 87.8 Å². The maximum Gasteiger partial charge on any atom is 0.237 e. The summed E-state index contributed by atoms with van der Waals surface area (Å²) in [4.78, 5) is 30.1. The van der Waals surface area contributed by atoms with Gasteiger partial charge in [0.05, 0.1) is 5.69 Å². The van der Waals surface area contributed by atoms with Crippen LogP contribution in [0.3, 0.4) is 0 Å². The summed E-state index contributed by atoms with van der Waals surface area (Å²) in [6, 6.07) is 12.0.